The van der Waals surface area contributed by atoms with Crippen LogP contribution >= 0.6 is 24.0 Å². The van der Waals surface area contributed by atoms with Crippen LogP contribution in [-0.2, 0) is 4.74 Å². The minimum Gasteiger partial charge on any atom is -0.379 e. The van der Waals surface area contributed by atoms with E-state index in [2.05, 4.69) is 41.3 Å². The Morgan fingerprint density at radius 3 is 2.40 bits per heavy atom. The van der Waals surface area contributed by atoms with Gasteiger partial charge in [0.25, 0.3) is 0 Å². The van der Waals surface area contributed by atoms with Crippen LogP contribution in [0.15, 0.2) is 4.99 Å². The molecule has 6 heteroatoms. The molecule has 1 rings (SSSR count). The van der Waals surface area contributed by atoms with Gasteiger partial charge in [-0.3, -0.25) is 9.89 Å². The Kier molecular flexibility index (Phi) is 10.6. The topological polar surface area (TPSA) is 48.9 Å². The number of unbranched alkanes of at least 4 members (excludes halogenated alkanes) is 1. The highest BCUT2D eigenvalue weighted by Crippen LogP contribution is 2.00. The van der Waals surface area contributed by atoms with Crippen LogP contribution in [0.3, 0.4) is 0 Å². The molecule has 0 amide bonds. The van der Waals surface area contributed by atoms with Gasteiger partial charge in [-0.1, -0.05) is 0 Å². The molecule has 0 aromatic rings. The Bertz CT molecular complexity index is 273. The summed E-state index contributed by atoms with van der Waals surface area (Å²) in [6, 6.07) is 0. The molecular formula is C14H31IN4O. The summed E-state index contributed by atoms with van der Waals surface area (Å²) < 4.78 is 5.34. The van der Waals surface area contributed by atoms with Crippen molar-refractivity contribution in [2.45, 2.75) is 39.2 Å². The van der Waals surface area contributed by atoms with Gasteiger partial charge in [0.15, 0.2) is 5.96 Å². The number of aliphatic imine (C=N–C) groups is 1. The molecule has 2 N–H and O–H groups in total. The number of nitrogens with one attached hydrogen (secondary N) is 2. The SMILES string of the molecule is CN=C(NCCCCN1CCOCC1)NC(C)(C)C.I. The Morgan fingerprint density at radius 2 is 1.85 bits per heavy atom. The number of ether oxygens (including phenoxy) is 1. The van der Waals surface area contributed by atoms with Crippen LogP contribution < -0.4 is 10.6 Å². The van der Waals surface area contributed by atoms with E-state index < -0.39 is 0 Å². The van der Waals surface area contributed by atoms with E-state index in [1.165, 1.54) is 19.4 Å². The maximum atomic E-state index is 5.34. The fraction of sp³-hybridized carbons (Fsp3) is 0.929. The summed E-state index contributed by atoms with van der Waals surface area (Å²) in [5, 5.41) is 6.72. The van der Waals surface area contributed by atoms with Crippen molar-refractivity contribution in [2.24, 2.45) is 4.99 Å². The summed E-state index contributed by atoms with van der Waals surface area (Å²) in [7, 11) is 1.81. The molecule has 0 aliphatic carbocycles. The first-order valence-corrected chi connectivity index (χ1v) is 7.30. The van der Waals surface area contributed by atoms with Crippen LogP contribution in [0.25, 0.3) is 0 Å². The van der Waals surface area contributed by atoms with Gasteiger partial charge in [0, 0.05) is 32.2 Å². The zero-order chi connectivity index (χ0) is 14.1. The van der Waals surface area contributed by atoms with Crippen LogP contribution in [0, 0.1) is 0 Å². The molecule has 0 bridgehead atoms. The summed E-state index contributed by atoms with van der Waals surface area (Å²) in [5.41, 5.74) is 0.0512. The molecule has 1 heterocycles. The van der Waals surface area contributed by atoms with Gasteiger partial charge in [-0.15, -0.1) is 24.0 Å². The molecule has 1 aliphatic rings. The van der Waals surface area contributed by atoms with Gasteiger partial charge in [-0.2, -0.15) is 0 Å². The van der Waals surface area contributed by atoms with Crippen molar-refractivity contribution in [3.05, 3.63) is 0 Å². The van der Waals surface area contributed by atoms with Crippen molar-refractivity contribution in [1.82, 2.24) is 15.5 Å². The summed E-state index contributed by atoms with van der Waals surface area (Å²) >= 11 is 0. The van der Waals surface area contributed by atoms with Gasteiger partial charge >= 0.3 is 0 Å². The van der Waals surface area contributed by atoms with Crippen molar-refractivity contribution in [1.29, 1.82) is 0 Å². The average Bonchev–Trinajstić information content (AvgIpc) is 2.37. The highest BCUT2D eigenvalue weighted by molar-refractivity contribution is 14.0. The second kappa shape index (κ2) is 10.6. The Morgan fingerprint density at radius 1 is 1.20 bits per heavy atom. The van der Waals surface area contributed by atoms with E-state index in [0.717, 1.165) is 38.8 Å². The number of morpholine rings is 1. The van der Waals surface area contributed by atoms with Crippen LogP contribution in [0.5, 0.6) is 0 Å². The van der Waals surface area contributed by atoms with Crippen LogP contribution in [0.4, 0.5) is 0 Å². The second-order valence-corrected chi connectivity index (χ2v) is 6.04. The molecule has 1 aliphatic heterocycles. The van der Waals surface area contributed by atoms with Gasteiger partial charge in [0.1, 0.15) is 0 Å². The molecule has 120 valence electrons. The Hall–Kier alpha value is -0.0800. The highest BCUT2D eigenvalue weighted by Gasteiger charge is 2.11. The van der Waals surface area contributed by atoms with Crippen molar-refractivity contribution in [2.75, 3.05) is 46.4 Å². The first kappa shape index (κ1) is 19.9. The molecule has 5 nitrogen and oxygen atoms in total. The Balaban J connectivity index is 0.00000361. The number of nitrogens with zero attached hydrogens (tertiary/aromatic N) is 2. The number of guanidine groups is 1. The fourth-order valence-electron chi connectivity index (χ4n) is 2.03. The van der Waals surface area contributed by atoms with E-state index in [1.54, 1.807) is 0 Å². The largest absolute Gasteiger partial charge is 0.379 e. The summed E-state index contributed by atoms with van der Waals surface area (Å²) in [6.45, 7) is 12.5. The number of rotatable bonds is 5. The zero-order valence-electron chi connectivity index (χ0n) is 13.4. The normalized spacial score (nSPS) is 17.5. The predicted octanol–water partition coefficient (Wildman–Crippen LogP) is 1.68. The lowest BCUT2D eigenvalue weighted by atomic mass is 10.1. The lowest BCUT2D eigenvalue weighted by molar-refractivity contribution is 0.0372. The highest BCUT2D eigenvalue weighted by atomic mass is 127. The molecular weight excluding hydrogens is 367 g/mol. The minimum atomic E-state index is 0. The maximum Gasteiger partial charge on any atom is 0.191 e. The number of halogens is 1. The lowest BCUT2D eigenvalue weighted by Crippen LogP contribution is -2.47. The molecule has 1 saturated heterocycles. The van der Waals surface area contributed by atoms with Crippen LogP contribution in [-0.4, -0.2) is 62.8 Å². The first-order chi connectivity index (χ1) is 9.01. The third-order valence-corrected chi connectivity index (χ3v) is 3.01. The second-order valence-electron chi connectivity index (χ2n) is 6.04. The van der Waals surface area contributed by atoms with Gasteiger partial charge < -0.3 is 15.4 Å². The van der Waals surface area contributed by atoms with Crippen LogP contribution in [0.1, 0.15) is 33.6 Å². The van der Waals surface area contributed by atoms with Gasteiger partial charge in [0.05, 0.1) is 13.2 Å². The zero-order valence-corrected chi connectivity index (χ0v) is 15.7. The summed E-state index contributed by atoms with van der Waals surface area (Å²) in [4.78, 5) is 6.71. The monoisotopic (exact) mass is 398 g/mol. The maximum absolute atomic E-state index is 5.34. The summed E-state index contributed by atoms with van der Waals surface area (Å²) in [6.07, 6.45) is 2.39. The fourth-order valence-corrected chi connectivity index (χ4v) is 2.03. The molecule has 0 atom stereocenters. The average molecular weight is 398 g/mol. The smallest absolute Gasteiger partial charge is 0.191 e. The van der Waals surface area contributed by atoms with Gasteiger partial charge in [0.2, 0.25) is 0 Å². The van der Waals surface area contributed by atoms with E-state index in [4.69, 9.17) is 4.74 Å². The van der Waals surface area contributed by atoms with Gasteiger partial charge in [-0.05, 0) is 40.2 Å². The third-order valence-electron chi connectivity index (χ3n) is 3.01. The molecule has 0 spiro atoms. The van der Waals surface area contributed by atoms with E-state index in [0.29, 0.717) is 0 Å². The summed E-state index contributed by atoms with van der Waals surface area (Å²) in [5.74, 6) is 0.888. The predicted molar refractivity (Wildman–Crippen MR) is 96.2 cm³/mol. The van der Waals surface area contributed by atoms with Crippen LogP contribution in [0.2, 0.25) is 0 Å². The van der Waals surface area contributed by atoms with E-state index in [9.17, 15) is 0 Å². The number of hydrogen-bond donors (Lipinski definition) is 2. The lowest BCUT2D eigenvalue weighted by Gasteiger charge is -2.26. The molecule has 0 unspecified atom stereocenters. The van der Waals surface area contributed by atoms with E-state index in [-0.39, 0.29) is 29.5 Å². The number of hydrogen-bond acceptors (Lipinski definition) is 3. The van der Waals surface area contributed by atoms with E-state index >= 15 is 0 Å². The third kappa shape index (κ3) is 9.77. The quantitative estimate of drug-likeness (QED) is 0.320. The van der Waals surface area contributed by atoms with Crippen molar-refractivity contribution >= 4 is 29.9 Å². The molecule has 1 fully saturated rings. The first-order valence-electron chi connectivity index (χ1n) is 7.30. The van der Waals surface area contributed by atoms with Crippen molar-refractivity contribution < 1.29 is 4.74 Å². The van der Waals surface area contributed by atoms with E-state index in [1.807, 2.05) is 7.05 Å². The molecule has 0 radical (unpaired) electrons. The molecule has 0 saturated carbocycles. The molecule has 0 aromatic heterocycles. The molecule has 20 heavy (non-hydrogen) atoms. The minimum absolute atomic E-state index is 0. The molecule has 0 aromatic carbocycles. The standard InChI is InChI=1S/C14H30N4O.HI/c1-14(2,3)17-13(15-4)16-7-5-6-8-18-9-11-19-12-10-18;/h5-12H2,1-4H3,(H2,15,16,17);1H. The van der Waals surface area contributed by atoms with Gasteiger partial charge in [-0.25, -0.2) is 0 Å². The Labute approximate surface area is 140 Å². The van der Waals surface area contributed by atoms with Crippen molar-refractivity contribution in [3.63, 3.8) is 0 Å². The van der Waals surface area contributed by atoms with Crippen molar-refractivity contribution in [3.8, 4) is 0 Å².